The van der Waals surface area contributed by atoms with Gasteiger partial charge in [0.15, 0.2) is 5.13 Å². The molecule has 218 valence electrons. The summed E-state index contributed by atoms with van der Waals surface area (Å²) in [4.78, 5) is 24.0. The van der Waals surface area contributed by atoms with Crippen LogP contribution in [-0.4, -0.2) is 67.5 Å². The van der Waals surface area contributed by atoms with Crippen molar-refractivity contribution in [1.82, 2.24) is 14.2 Å². The molecule has 5 rings (SSSR count). The van der Waals surface area contributed by atoms with Crippen molar-refractivity contribution in [3.8, 4) is 0 Å². The van der Waals surface area contributed by atoms with Crippen LogP contribution in [0.4, 0.5) is 5.13 Å². The summed E-state index contributed by atoms with van der Waals surface area (Å²) in [5, 5.41) is 0.650. The van der Waals surface area contributed by atoms with E-state index in [0.717, 1.165) is 33.8 Å². The number of thioether (sulfide) groups is 1. The van der Waals surface area contributed by atoms with Crippen molar-refractivity contribution in [3.63, 3.8) is 0 Å². The molecule has 0 saturated carbocycles. The van der Waals surface area contributed by atoms with E-state index in [0.29, 0.717) is 43.3 Å². The molecule has 1 aromatic heterocycles. The summed E-state index contributed by atoms with van der Waals surface area (Å²) in [7, 11) is -3.68. The molecule has 7 nitrogen and oxygen atoms in total. The van der Waals surface area contributed by atoms with E-state index in [9.17, 15) is 13.2 Å². The van der Waals surface area contributed by atoms with Crippen LogP contribution in [0.5, 0.6) is 0 Å². The number of fused-ring (bicyclic) bond motifs is 2. The molecule has 0 atom stereocenters. The van der Waals surface area contributed by atoms with Crippen LogP contribution >= 0.6 is 35.5 Å². The van der Waals surface area contributed by atoms with Crippen LogP contribution in [0.15, 0.2) is 76.5 Å². The molecule has 0 bridgehead atoms. The Labute approximate surface area is 257 Å². The number of hydrogen-bond donors (Lipinski definition) is 0. The van der Waals surface area contributed by atoms with Gasteiger partial charge in [-0.3, -0.25) is 9.69 Å². The summed E-state index contributed by atoms with van der Waals surface area (Å²) < 4.78 is 29.5. The van der Waals surface area contributed by atoms with Gasteiger partial charge in [-0.1, -0.05) is 55.5 Å². The molecular formula is C30H35ClN4O3S3. The smallest absolute Gasteiger partial charge is 0.260 e. The molecule has 41 heavy (non-hydrogen) atoms. The van der Waals surface area contributed by atoms with Crippen molar-refractivity contribution in [2.24, 2.45) is 0 Å². The van der Waals surface area contributed by atoms with Gasteiger partial charge in [-0.15, -0.1) is 24.2 Å². The van der Waals surface area contributed by atoms with Crippen LogP contribution in [0.1, 0.15) is 35.3 Å². The van der Waals surface area contributed by atoms with E-state index >= 15 is 0 Å². The van der Waals surface area contributed by atoms with Crippen molar-refractivity contribution >= 4 is 66.8 Å². The SMILES string of the molecule is CCN(CC)CCN(C(=O)c1ccc(S(=O)(=O)N2CCc3ccccc3C2)cc1)c1nc2c(SC)cccc2s1.Cl. The number of rotatable bonds is 10. The fraction of sp³-hybridized carbons (Fsp3) is 0.333. The normalized spacial score (nSPS) is 13.7. The van der Waals surface area contributed by atoms with Crippen molar-refractivity contribution in [1.29, 1.82) is 0 Å². The van der Waals surface area contributed by atoms with E-state index < -0.39 is 10.0 Å². The predicted octanol–water partition coefficient (Wildman–Crippen LogP) is 6.18. The third-order valence-corrected chi connectivity index (χ3v) is 11.1. The van der Waals surface area contributed by atoms with E-state index in [2.05, 4.69) is 24.8 Å². The minimum atomic E-state index is -3.68. The maximum Gasteiger partial charge on any atom is 0.260 e. The highest BCUT2D eigenvalue weighted by Gasteiger charge is 2.29. The third kappa shape index (κ3) is 6.63. The lowest BCUT2D eigenvalue weighted by Crippen LogP contribution is -2.39. The number of hydrogen-bond acceptors (Lipinski definition) is 7. The van der Waals surface area contributed by atoms with Crippen LogP contribution in [-0.2, 0) is 23.0 Å². The van der Waals surface area contributed by atoms with Crippen LogP contribution in [0, 0.1) is 0 Å². The molecule has 0 saturated heterocycles. The van der Waals surface area contributed by atoms with Crippen molar-refractivity contribution < 1.29 is 13.2 Å². The molecule has 1 aliphatic rings. The number of carbonyl (C=O) groups excluding carboxylic acids is 1. The highest BCUT2D eigenvalue weighted by atomic mass is 35.5. The molecule has 0 fully saturated rings. The van der Waals surface area contributed by atoms with Gasteiger partial charge in [-0.25, -0.2) is 13.4 Å². The van der Waals surface area contributed by atoms with Crippen LogP contribution < -0.4 is 4.90 Å². The largest absolute Gasteiger partial charge is 0.302 e. The second kappa shape index (κ2) is 13.7. The second-order valence-corrected chi connectivity index (χ2v) is 13.5. The van der Waals surface area contributed by atoms with Gasteiger partial charge in [0, 0.05) is 36.6 Å². The average molecular weight is 631 g/mol. The molecule has 0 unspecified atom stereocenters. The number of amides is 1. The lowest BCUT2D eigenvalue weighted by Gasteiger charge is -2.28. The minimum absolute atomic E-state index is 0. The fourth-order valence-corrected chi connectivity index (χ4v) is 8.07. The third-order valence-electron chi connectivity index (χ3n) is 7.44. The summed E-state index contributed by atoms with van der Waals surface area (Å²) in [5.41, 5.74) is 3.57. The highest BCUT2D eigenvalue weighted by molar-refractivity contribution is 7.98. The second-order valence-electron chi connectivity index (χ2n) is 9.67. The first-order chi connectivity index (χ1) is 19.3. The van der Waals surface area contributed by atoms with E-state index in [1.807, 2.05) is 42.7 Å². The number of likely N-dealkylation sites (N-methyl/N-ethyl adjacent to an activating group) is 1. The Morgan fingerprint density at radius 2 is 1.68 bits per heavy atom. The summed E-state index contributed by atoms with van der Waals surface area (Å²) in [6.07, 6.45) is 2.71. The van der Waals surface area contributed by atoms with Gasteiger partial charge in [0.1, 0.15) is 0 Å². The summed E-state index contributed by atoms with van der Waals surface area (Å²) in [6.45, 7) is 8.00. The zero-order valence-corrected chi connectivity index (χ0v) is 26.7. The van der Waals surface area contributed by atoms with E-state index in [1.165, 1.54) is 21.2 Å². The van der Waals surface area contributed by atoms with Gasteiger partial charge in [-0.05, 0) is 73.3 Å². The lowest BCUT2D eigenvalue weighted by molar-refractivity contribution is 0.0983. The molecule has 1 amide bonds. The first-order valence-electron chi connectivity index (χ1n) is 13.5. The summed E-state index contributed by atoms with van der Waals surface area (Å²) in [5.74, 6) is -0.187. The standard InChI is InChI=1S/C30H34N4O3S3.ClH/c1-4-32(5-2)19-20-34(30-31-28-26(38-3)11-8-12-27(28)39-30)29(35)23-13-15-25(16-14-23)40(36,37)33-18-17-22-9-6-7-10-24(22)21-33;/h6-16H,4-5,17-21H2,1-3H3;1H. The molecular weight excluding hydrogens is 596 g/mol. The van der Waals surface area contributed by atoms with Gasteiger partial charge in [0.25, 0.3) is 5.91 Å². The number of para-hydroxylation sites is 1. The number of benzene rings is 3. The topological polar surface area (TPSA) is 73.8 Å². The van der Waals surface area contributed by atoms with Gasteiger partial charge in [-0.2, -0.15) is 4.31 Å². The highest BCUT2D eigenvalue weighted by Crippen LogP contribution is 2.35. The first kappa shape index (κ1) is 31.5. The minimum Gasteiger partial charge on any atom is -0.302 e. The zero-order valence-electron chi connectivity index (χ0n) is 23.4. The Kier molecular flexibility index (Phi) is 10.5. The maximum absolute atomic E-state index is 13.9. The summed E-state index contributed by atoms with van der Waals surface area (Å²) in [6, 6.07) is 20.4. The molecule has 0 radical (unpaired) electrons. The number of aromatic nitrogens is 1. The molecule has 4 aromatic rings. The Morgan fingerprint density at radius 1 is 0.976 bits per heavy atom. The molecule has 0 spiro atoms. The Balaban J connectivity index is 0.00000387. The number of anilines is 1. The zero-order chi connectivity index (χ0) is 28.3. The van der Waals surface area contributed by atoms with Crippen LogP contribution in [0.25, 0.3) is 10.2 Å². The van der Waals surface area contributed by atoms with E-state index in [4.69, 9.17) is 4.98 Å². The van der Waals surface area contributed by atoms with Gasteiger partial charge in [0.2, 0.25) is 10.0 Å². The molecule has 2 heterocycles. The van der Waals surface area contributed by atoms with Gasteiger partial charge < -0.3 is 4.90 Å². The Morgan fingerprint density at radius 3 is 2.37 bits per heavy atom. The van der Waals surface area contributed by atoms with Crippen LogP contribution in [0.3, 0.4) is 0 Å². The molecule has 0 aliphatic carbocycles. The Hall–Kier alpha value is -2.47. The fourth-order valence-electron chi connectivity index (χ4n) is 5.01. The molecule has 11 heteroatoms. The van der Waals surface area contributed by atoms with Gasteiger partial charge in [0.05, 0.1) is 15.1 Å². The number of thiazole rings is 1. The average Bonchev–Trinajstić information content (AvgIpc) is 3.43. The maximum atomic E-state index is 13.9. The van der Waals surface area contributed by atoms with Gasteiger partial charge >= 0.3 is 0 Å². The first-order valence-corrected chi connectivity index (χ1v) is 17.0. The van der Waals surface area contributed by atoms with Crippen molar-refractivity contribution in [2.45, 2.75) is 36.6 Å². The van der Waals surface area contributed by atoms with Crippen LogP contribution in [0.2, 0.25) is 0 Å². The number of nitrogens with zero attached hydrogens (tertiary/aromatic N) is 4. The molecule has 3 aromatic carbocycles. The predicted molar refractivity (Wildman–Crippen MR) is 172 cm³/mol. The molecule has 1 aliphatic heterocycles. The van der Waals surface area contributed by atoms with E-state index in [1.54, 1.807) is 40.9 Å². The monoisotopic (exact) mass is 630 g/mol. The number of halogens is 1. The van der Waals surface area contributed by atoms with E-state index in [-0.39, 0.29) is 23.2 Å². The lowest BCUT2D eigenvalue weighted by atomic mass is 10.0. The molecule has 0 N–H and O–H groups in total. The number of carbonyl (C=O) groups is 1. The quantitative estimate of drug-likeness (QED) is 0.195. The van der Waals surface area contributed by atoms with Crippen molar-refractivity contribution in [3.05, 3.63) is 83.4 Å². The van der Waals surface area contributed by atoms with Crippen molar-refractivity contribution in [2.75, 3.05) is 43.9 Å². The summed E-state index contributed by atoms with van der Waals surface area (Å²) >= 11 is 3.14. The Bertz CT molecular complexity index is 1610. The number of sulfonamides is 1.